The second-order valence-electron chi connectivity index (χ2n) is 6.65. The highest BCUT2D eigenvalue weighted by atomic mass is 16.5. The molecule has 148 valence electrons. The van der Waals surface area contributed by atoms with E-state index in [4.69, 9.17) is 9.47 Å². The second kappa shape index (κ2) is 8.29. The maximum Gasteiger partial charge on any atom is 0.340 e. The zero-order valence-corrected chi connectivity index (χ0v) is 16.3. The quantitative estimate of drug-likeness (QED) is 0.470. The zero-order chi connectivity index (χ0) is 20.3. The number of benzene rings is 1. The van der Waals surface area contributed by atoms with E-state index in [2.05, 4.69) is 4.98 Å². The first-order valence-corrected chi connectivity index (χ1v) is 9.35. The zero-order valence-electron chi connectivity index (χ0n) is 16.3. The lowest BCUT2D eigenvalue weighted by atomic mass is 9.98. The van der Waals surface area contributed by atoms with Crippen LogP contribution in [0.5, 0.6) is 5.75 Å². The van der Waals surface area contributed by atoms with E-state index in [0.717, 1.165) is 12.8 Å². The molecule has 1 aromatic heterocycles. The van der Waals surface area contributed by atoms with Gasteiger partial charge in [0, 0.05) is 24.3 Å². The molecule has 7 nitrogen and oxygen atoms in total. The molecule has 3 rings (SSSR count). The molecule has 0 spiro atoms. The molecule has 2 aromatic rings. The van der Waals surface area contributed by atoms with E-state index in [0.29, 0.717) is 35.7 Å². The SMILES string of the molecule is CCOC(=O)c1c(C)[nH]c(C(=O)C(=O)N2CCCC2)c1-c1ccc(OC)cc1. The second-order valence-corrected chi connectivity index (χ2v) is 6.65. The molecule has 0 radical (unpaired) electrons. The van der Waals surface area contributed by atoms with Crippen molar-refractivity contribution >= 4 is 17.7 Å². The molecule has 1 N–H and O–H groups in total. The number of H-pyrrole nitrogens is 1. The van der Waals surface area contributed by atoms with E-state index in [9.17, 15) is 14.4 Å². The third-order valence-electron chi connectivity index (χ3n) is 4.86. The molecule has 1 aromatic carbocycles. The van der Waals surface area contributed by atoms with Crippen molar-refractivity contribution in [3.63, 3.8) is 0 Å². The Morgan fingerprint density at radius 3 is 2.32 bits per heavy atom. The molecule has 1 fully saturated rings. The molecule has 0 unspecified atom stereocenters. The van der Waals surface area contributed by atoms with Crippen LogP contribution in [0.3, 0.4) is 0 Å². The number of nitrogens with one attached hydrogen (secondary N) is 1. The Kier molecular flexibility index (Phi) is 5.82. The van der Waals surface area contributed by atoms with Crippen molar-refractivity contribution in [2.75, 3.05) is 26.8 Å². The smallest absolute Gasteiger partial charge is 0.340 e. The first kappa shape index (κ1) is 19.7. The minimum atomic E-state index is -0.647. The largest absolute Gasteiger partial charge is 0.497 e. The Balaban J connectivity index is 2.10. The monoisotopic (exact) mass is 384 g/mol. The van der Waals surface area contributed by atoms with Gasteiger partial charge in [0.15, 0.2) is 0 Å². The average molecular weight is 384 g/mol. The lowest BCUT2D eigenvalue weighted by molar-refractivity contribution is -0.125. The number of nitrogens with zero attached hydrogens (tertiary/aromatic N) is 1. The summed E-state index contributed by atoms with van der Waals surface area (Å²) in [6, 6.07) is 6.98. The van der Waals surface area contributed by atoms with E-state index in [1.807, 2.05) is 0 Å². The molecule has 2 heterocycles. The summed E-state index contributed by atoms with van der Waals surface area (Å²) in [4.78, 5) is 42.7. The number of hydrogen-bond acceptors (Lipinski definition) is 5. The maximum absolute atomic E-state index is 13.0. The molecule has 1 aliphatic heterocycles. The predicted octanol–water partition coefficient (Wildman–Crippen LogP) is 2.98. The van der Waals surface area contributed by atoms with Gasteiger partial charge in [-0.05, 0) is 44.4 Å². The summed E-state index contributed by atoms with van der Waals surface area (Å²) < 4.78 is 10.4. The van der Waals surface area contributed by atoms with Crippen molar-refractivity contribution < 1.29 is 23.9 Å². The fourth-order valence-corrected chi connectivity index (χ4v) is 3.47. The van der Waals surface area contributed by atoms with Crippen LogP contribution in [0.15, 0.2) is 24.3 Å². The number of likely N-dealkylation sites (tertiary alicyclic amines) is 1. The number of aromatic amines is 1. The number of carbonyl (C=O) groups is 3. The standard InChI is InChI=1S/C21H24N2O5/c1-4-28-21(26)16-13(2)22-18(19(24)20(25)23-11-5-6-12-23)17(16)14-7-9-15(27-3)10-8-14/h7-10,22H,4-6,11-12H2,1-3H3. The Hall–Kier alpha value is -3.09. The number of methoxy groups -OCH3 is 1. The van der Waals surface area contributed by atoms with Gasteiger partial charge < -0.3 is 19.4 Å². The van der Waals surface area contributed by atoms with Crippen LogP contribution in [0.25, 0.3) is 11.1 Å². The molecule has 1 aliphatic rings. The van der Waals surface area contributed by atoms with E-state index in [1.165, 1.54) is 0 Å². The summed E-state index contributed by atoms with van der Waals surface area (Å²) in [5, 5.41) is 0. The highest BCUT2D eigenvalue weighted by molar-refractivity contribution is 6.43. The number of hydrogen-bond donors (Lipinski definition) is 1. The first-order valence-electron chi connectivity index (χ1n) is 9.35. The normalized spacial score (nSPS) is 13.5. The average Bonchev–Trinajstić information content (AvgIpc) is 3.35. The van der Waals surface area contributed by atoms with Crippen LogP contribution in [0.2, 0.25) is 0 Å². The van der Waals surface area contributed by atoms with Crippen molar-refractivity contribution in [1.29, 1.82) is 0 Å². The van der Waals surface area contributed by atoms with Crippen molar-refractivity contribution in [2.45, 2.75) is 26.7 Å². The van der Waals surface area contributed by atoms with Crippen LogP contribution < -0.4 is 4.74 Å². The number of carbonyl (C=O) groups excluding carboxylic acids is 3. The highest BCUT2D eigenvalue weighted by Crippen LogP contribution is 2.33. The van der Waals surface area contributed by atoms with Gasteiger partial charge >= 0.3 is 5.97 Å². The van der Waals surface area contributed by atoms with E-state index in [1.54, 1.807) is 50.1 Å². The predicted molar refractivity (Wildman–Crippen MR) is 104 cm³/mol. The Morgan fingerprint density at radius 1 is 1.11 bits per heavy atom. The number of ketones is 1. The number of ether oxygens (including phenoxy) is 2. The van der Waals surface area contributed by atoms with Gasteiger partial charge in [-0.3, -0.25) is 9.59 Å². The fourth-order valence-electron chi connectivity index (χ4n) is 3.47. The molecule has 0 bridgehead atoms. The molecule has 1 saturated heterocycles. The minimum absolute atomic E-state index is 0.114. The molecule has 1 amide bonds. The summed E-state index contributed by atoms with van der Waals surface area (Å²) in [5.41, 5.74) is 1.89. The van der Waals surface area contributed by atoms with Crippen LogP contribution in [-0.2, 0) is 9.53 Å². The highest BCUT2D eigenvalue weighted by Gasteiger charge is 2.32. The van der Waals surface area contributed by atoms with E-state index < -0.39 is 17.7 Å². The van der Waals surface area contributed by atoms with Crippen LogP contribution in [0, 0.1) is 6.92 Å². The summed E-state index contributed by atoms with van der Waals surface area (Å²) >= 11 is 0. The van der Waals surface area contributed by atoms with Crippen molar-refractivity contribution in [2.24, 2.45) is 0 Å². The summed E-state index contributed by atoms with van der Waals surface area (Å²) in [5.74, 6) is -1.08. The molecular weight excluding hydrogens is 360 g/mol. The van der Waals surface area contributed by atoms with Crippen LogP contribution in [-0.4, -0.2) is 54.3 Å². The molecule has 7 heteroatoms. The Labute approximate surface area is 163 Å². The number of amides is 1. The molecule has 0 atom stereocenters. The van der Waals surface area contributed by atoms with E-state index in [-0.39, 0.29) is 17.9 Å². The molecule has 0 aliphatic carbocycles. The van der Waals surface area contributed by atoms with Crippen LogP contribution >= 0.6 is 0 Å². The van der Waals surface area contributed by atoms with Gasteiger partial charge in [0.2, 0.25) is 0 Å². The van der Waals surface area contributed by atoms with E-state index >= 15 is 0 Å². The number of esters is 1. The number of aryl methyl sites for hydroxylation is 1. The van der Waals surface area contributed by atoms with Gasteiger partial charge in [0.25, 0.3) is 11.7 Å². The van der Waals surface area contributed by atoms with Gasteiger partial charge in [-0.1, -0.05) is 12.1 Å². The van der Waals surface area contributed by atoms with Crippen molar-refractivity contribution in [3.05, 3.63) is 41.2 Å². The van der Waals surface area contributed by atoms with Gasteiger partial charge in [0.05, 0.1) is 19.3 Å². The fraction of sp³-hybridized carbons (Fsp3) is 0.381. The van der Waals surface area contributed by atoms with Gasteiger partial charge in [0.1, 0.15) is 11.4 Å². The minimum Gasteiger partial charge on any atom is -0.497 e. The summed E-state index contributed by atoms with van der Waals surface area (Å²) in [7, 11) is 1.56. The third-order valence-corrected chi connectivity index (χ3v) is 4.86. The van der Waals surface area contributed by atoms with Crippen molar-refractivity contribution in [1.82, 2.24) is 9.88 Å². The van der Waals surface area contributed by atoms with Gasteiger partial charge in [-0.15, -0.1) is 0 Å². The van der Waals surface area contributed by atoms with Crippen LogP contribution in [0.4, 0.5) is 0 Å². The first-order chi connectivity index (χ1) is 13.5. The topological polar surface area (TPSA) is 88.7 Å². The maximum atomic E-state index is 13.0. The van der Waals surface area contributed by atoms with Gasteiger partial charge in [-0.2, -0.15) is 0 Å². The molecule has 0 saturated carbocycles. The lowest BCUT2D eigenvalue weighted by Gasteiger charge is -2.14. The van der Waals surface area contributed by atoms with Crippen LogP contribution in [0.1, 0.15) is 46.3 Å². The molecular formula is C21H24N2O5. The third kappa shape index (κ3) is 3.65. The molecule has 28 heavy (non-hydrogen) atoms. The summed E-state index contributed by atoms with van der Waals surface area (Å²) in [6.07, 6.45) is 1.78. The number of Topliss-reactive ketones (excluding diaryl/α,β-unsaturated/α-hetero) is 1. The van der Waals surface area contributed by atoms with Gasteiger partial charge in [-0.25, -0.2) is 4.79 Å². The Bertz CT molecular complexity index is 892. The summed E-state index contributed by atoms with van der Waals surface area (Å²) in [6.45, 7) is 4.77. The Morgan fingerprint density at radius 2 is 1.75 bits per heavy atom. The van der Waals surface area contributed by atoms with Crippen molar-refractivity contribution in [3.8, 4) is 16.9 Å². The number of rotatable bonds is 6. The number of aromatic nitrogens is 1. The lowest BCUT2D eigenvalue weighted by Crippen LogP contribution is -2.34.